The third-order valence-electron chi connectivity index (χ3n) is 1.73. The smallest absolute Gasteiger partial charge is 0.115 e. The number of rotatable bonds is 3. The van der Waals surface area contributed by atoms with Crippen LogP contribution in [0, 0.1) is 0 Å². The molecule has 0 heterocycles. The van der Waals surface area contributed by atoms with Crippen LogP contribution in [-0.4, -0.2) is 10.9 Å². The Morgan fingerprint density at radius 3 is 2.47 bits per heavy atom. The Kier molecular flexibility index (Phi) is 8.43. The second-order valence-corrected chi connectivity index (χ2v) is 4.70. The van der Waals surface area contributed by atoms with E-state index in [9.17, 15) is 0 Å². The molecule has 15 heavy (non-hydrogen) atoms. The first-order chi connectivity index (χ1) is 7.11. The van der Waals surface area contributed by atoms with Crippen LogP contribution in [0.1, 0.15) is 25.3 Å². The fourth-order valence-electron chi connectivity index (χ4n) is 0.937. The third kappa shape index (κ3) is 7.40. The van der Waals surface area contributed by atoms with E-state index >= 15 is 0 Å². The Hall–Kier alpha value is -0.540. The topological polar surface area (TPSA) is 20.2 Å². The molecule has 0 fully saturated rings. The van der Waals surface area contributed by atoms with Crippen LogP contribution in [0.25, 0.3) is 0 Å². The number of phenolic OH excluding ortho intramolecular Hbond substituents is 1. The number of phenols is 1. The molecule has 0 atom stereocenters. The van der Waals surface area contributed by atoms with Gasteiger partial charge in [0, 0.05) is 5.75 Å². The Bertz CT molecular complexity index is 285. The lowest BCUT2D eigenvalue weighted by atomic mass is 10.0. The second kappa shape index (κ2) is 8.74. The van der Waals surface area contributed by atoms with Gasteiger partial charge in [0.05, 0.1) is 0 Å². The summed E-state index contributed by atoms with van der Waals surface area (Å²) in [6.07, 6.45) is 1.82. The van der Waals surface area contributed by atoms with Gasteiger partial charge in [-0.05, 0) is 23.6 Å². The molecule has 0 unspecified atom stereocenters. The molecule has 0 saturated heterocycles. The summed E-state index contributed by atoms with van der Waals surface area (Å²) < 4.78 is 0. The van der Waals surface area contributed by atoms with Crippen molar-refractivity contribution in [1.82, 2.24) is 0 Å². The molecule has 84 valence electrons. The van der Waals surface area contributed by atoms with Gasteiger partial charge < -0.3 is 5.11 Å². The van der Waals surface area contributed by atoms with Gasteiger partial charge in [-0.15, -0.1) is 18.2 Å². The van der Waals surface area contributed by atoms with E-state index in [0.29, 0.717) is 11.7 Å². The summed E-state index contributed by atoms with van der Waals surface area (Å²) in [5, 5.41) is 9.06. The van der Waals surface area contributed by atoms with Crippen molar-refractivity contribution < 1.29 is 5.11 Å². The lowest BCUT2D eigenvalue weighted by Gasteiger charge is -2.03. The average Bonchev–Trinajstić information content (AvgIpc) is 2.20. The zero-order valence-corrected chi connectivity index (χ0v) is 10.9. The summed E-state index contributed by atoms with van der Waals surface area (Å²) in [5.74, 6) is 1.78. The highest BCUT2D eigenvalue weighted by Crippen LogP contribution is 2.18. The van der Waals surface area contributed by atoms with Crippen LogP contribution in [0.15, 0.2) is 36.9 Å². The van der Waals surface area contributed by atoms with Crippen LogP contribution in [0.2, 0.25) is 0 Å². The largest absolute Gasteiger partial charge is 0.508 e. The first-order valence-electron chi connectivity index (χ1n) is 4.78. The van der Waals surface area contributed by atoms with Crippen molar-refractivity contribution in [3.05, 3.63) is 42.5 Å². The number of hydrogen-bond acceptors (Lipinski definition) is 3. The molecular formula is C12H18OS2. The van der Waals surface area contributed by atoms with Crippen molar-refractivity contribution in [2.75, 3.05) is 5.75 Å². The van der Waals surface area contributed by atoms with Crippen molar-refractivity contribution in [2.45, 2.75) is 19.8 Å². The fourth-order valence-corrected chi connectivity index (χ4v) is 1.36. The summed E-state index contributed by atoms with van der Waals surface area (Å²) in [6, 6.07) is 7.37. The molecule has 3 heteroatoms. The number of thiol groups is 1. The zero-order chi connectivity index (χ0) is 11.7. The number of benzene rings is 1. The van der Waals surface area contributed by atoms with Crippen molar-refractivity contribution in [1.29, 1.82) is 0 Å². The highest BCUT2D eigenvalue weighted by atomic mass is 33.1. The van der Waals surface area contributed by atoms with Gasteiger partial charge in [-0.1, -0.05) is 42.9 Å². The van der Waals surface area contributed by atoms with E-state index < -0.39 is 0 Å². The van der Waals surface area contributed by atoms with Crippen LogP contribution in [0.3, 0.4) is 0 Å². The van der Waals surface area contributed by atoms with Crippen LogP contribution in [-0.2, 0) is 0 Å². The molecule has 1 rings (SSSR count). The molecule has 0 spiro atoms. The molecule has 0 bridgehead atoms. The molecule has 1 aromatic carbocycles. The lowest BCUT2D eigenvalue weighted by Crippen LogP contribution is -1.84. The van der Waals surface area contributed by atoms with Gasteiger partial charge in [0.2, 0.25) is 0 Å². The Labute approximate surface area is 101 Å². The lowest BCUT2D eigenvalue weighted by molar-refractivity contribution is 0.474. The Morgan fingerprint density at radius 1 is 1.53 bits per heavy atom. The minimum atomic E-state index is 0.353. The number of hydrogen-bond donors (Lipinski definition) is 2. The Balaban J connectivity index is 0.000000336. The van der Waals surface area contributed by atoms with Crippen LogP contribution in [0.4, 0.5) is 0 Å². The van der Waals surface area contributed by atoms with Crippen LogP contribution < -0.4 is 0 Å². The highest BCUT2D eigenvalue weighted by molar-refractivity contribution is 8.68. The minimum absolute atomic E-state index is 0.353. The van der Waals surface area contributed by atoms with Crippen LogP contribution in [0.5, 0.6) is 5.75 Å². The minimum Gasteiger partial charge on any atom is -0.508 e. The molecular weight excluding hydrogens is 224 g/mol. The van der Waals surface area contributed by atoms with E-state index in [2.05, 4.69) is 32.1 Å². The van der Waals surface area contributed by atoms with E-state index in [1.807, 2.05) is 18.2 Å². The summed E-state index contributed by atoms with van der Waals surface area (Å²) in [6.45, 7) is 7.69. The van der Waals surface area contributed by atoms with E-state index in [-0.39, 0.29) is 0 Å². The maximum Gasteiger partial charge on any atom is 0.115 e. The van der Waals surface area contributed by atoms with Crippen molar-refractivity contribution in [3.63, 3.8) is 0 Å². The first-order valence-corrected chi connectivity index (χ1v) is 6.81. The normalized spacial score (nSPS) is 9.33. The van der Waals surface area contributed by atoms with E-state index in [1.165, 1.54) is 16.4 Å². The van der Waals surface area contributed by atoms with Crippen molar-refractivity contribution >= 4 is 22.5 Å². The molecule has 0 aromatic heterocycles. The van der Waals surface area contributed by atoms with Gasteiger partial charge in [-0.25, -0.2) is 0 Å². The van der Waals surface area contributed by atoms with Crippen LogP contribution >= 0.6 is 22.5 Å². The molecule has 0 aliphatic carbocycles. The predicted molar refractivity (Wildman–Crippen MR) is 73.8 cm³/mol. The molecule has 0 saturated carbocycles. The van der Waals surface area contributed by atoms with Gasteiger partial charge in [-0.2, -0.15) is 0 Å². The monoisotopic (exact) mass is 242 g/mol. The van der Waals surface area contributed by atoms with Gasteiger partial charge >= 0.3 is 0 Å². The maximum absolute atomic E-state index is 9.06. The molecule has 0 aliphatic heterocycles. The second-order valence-electron chi connectivity index (χ2n) is 3.33. The highest BCUT2D eigenvalue weighted by Gasteiger charge is 1.97. The molecule has 1 aromatic rings. The average molecular weight is 242 g/mol. The summed E-state index contributed by atoms with van der Waals surface area (Å²) in [7, 11) is 1.48. The van der Waals surface area contributed by atoms with Gasteiger partial charge in [0.1, 0.15) is 5.75 Å². The van der Waals surface area contributed by atoms with E-state index in [1.54, 1.807) is 12.1 Å². The zero-order valence-electron chi connectivity index (χ0n) is 9.18. The molecule has 0 amide bonds. The molecule has 1 nitrogen and oxygen atoms in total. The Morgan fingerprint density at radius 2 is 2.20 bits per heavy atom. The first kappa shape index (κ1) is 14.5. The van der Waals surface area contributed by atoms with Gasteiger partial charge in [0.15, 0.2) is 0 Å². The predicted octanol–water partition coefficient (Wildman–Crippen LogP) is 4.27. The maximum atomic E-state index is 9.06. The molecule has 0 radical (unpaired) electrons. The van der Waals surface area contributed by atoms with E-state index in [4.69, 9.17) is 5.11 Å². The van der Waals surface area contributed by atoms with Gasteiger partial charge in [-0.3, -0.25) is 0 Å². The van der Waals surface area contributed by atoms with Gasteiger partial charge in [0.25, 0.3) is 0 Å². The fraction of sp³-hybridized carbons (Fsp3) is 0.333. The third-order valence-corrected chi connectivity index (χ3v) is 2.56. The van der Waals surface area contributed by atoms with Crippen molar-refractivity contribution in [2.24, 2.45) is 0 Å². The van der Waals surface area contributed by atoms with E-state index in [0.717, 1.165) is 5.75 Å². The summed E-state index contributed by atoms with van der Waals surface area (Å²) in [4.78, 5) is 0. The van der Waals surface area contributed by atoms with Crippen molar-refractivity contribution in [3.8, 4) is 5.75 Å². The standard InChI is InChI=1S/C9H12O.C3H6S2/c1-7(2)8-4-3-5-9(10)6-8;1-2-3-5-4/h3-7,10H,1-2H3;2,4H,1,3H2. The molecule has 1 N–H and O–H groups in total. The quantitative estimate of drug-likeness (QED) is 0.469. The number of aromatic hydroxyl groups is 1. The SMILES string of the molecule is C=CCSS.CC(C)c1cccc(O)c1. The molecule has 0 aliphatic rings. The summed E-state index contributed by atoms with van der Waals surface area (Å²) in [5.41, 5.74) is 1.18. The summed E-state index contributed by atoms with van der Waals surface area (Å²) >= 11 is 3.85.